The third-order valence-corrected chi connectivity index (χ3v) is 9.90. The normalized spacial score (nSPS) is 26.1. The maximum Gasteiger partial charge on any atom is 0.250 e. The van der Waals surface area contributed by atoms with Gasteiger partial charge in [0.1, 0.15) is 0 Å². The van der Waals surface area contributed by atoms with Gasteiger partial charge >= 0.3 is 0 Å². The Labute approximate surface area is 139 Å². The summed E-state index contributed by atoms with van der Waals surface area (Å²) in [6.45, 7) is 28.1. The maximum absolute atomic E-state index is 6.47. The van der Waals surface area contributed by atoms with E-state index >= 15 is 0 Å². The van der Waals surface area contributed by atoms with Gasteiger partial charge in [-0.1, -0.05) is 58.6 Å². The van der Waals surface area contributed by atoms with E-state index in [1.165, 1.54) is 11.1 Å². The zero-order valence-electron chi connectivity index (χ0n) is 15.7. The molecule has 0 bridgehead atoms. The molecule has 0 unspecified atom stereocenters. The Hall–Kier alpha value is -1.02. The van der Waals surface area contributed by atoms with Crippen LogP contribution in [0.25, 0.3) is 0 Å². The molecule has 0 heterocycles. The van der Waals surface area contributed by atoms with Crippen molar-refractivity contribution in [1.82, 2.24) is 0 Å². The second-order valence-electron chi connectivity index (χ2n) is 8.48. The molecule has 0 fully saturated rings. The van der Waals surface area contributed by atoms with Gasteiger partial charge in [-0.25, -0.2) is 0 Å². The van der Waals surface area contributed by atoms with Crippen LogP contribution in [0.1, 0.15) is 47.5 Å². The average Bonchev–Trinajstić information content (AvgIpc) is 2.36. The minimum atomic E-state index is -1.87. The lowest BCUT2D eigenvalue weighted by Crippen LogP contribution is -2.41. The molecule has 0 aromatic heterocycles. The summed E-state index contributed by atoms with van der Waals surface area (Å²) in [6.07, 6.45) is 6.55. The molecule has 0 amide bonds. The Kier molecular flexibility index (Phi) is 5.39. The molecule has 1 rings (SSSR count). The van der Waals surface area contributed by atoms with E-state index in [2.05, 4.69) is 73.5 Å². The molecule has 0 spiro atoms. The van der Waals surface area contributed by atoms with Crippen molar-refractivity contribution in [3.63, 3.8) is 0 Å². The largest absolute Gasteiger partial charge is 0.544 e. The van der Waals surface area contributed by atoms with Crippen molar-refractivity contribution in [3.8, 4) is 0 Å². The van der Waals surface area contributed by atoms with Crippen molar-refractivity contribution in [2.75, 3.05) is 0 Å². The van der Waals surface area contributed by atoms with E-state index in [9.17, 15) is 0 Å². The van der Waals surface area contributed by atoms with Crippen molar-refractivity contribution in [2.24, 2.45) is 11.3 Å². The SMILES string of the molecule is C=C[C@@]1(C)CC[C@H](C(=C)C)C=C1C(=C)O[Si](C)(C)C(C)(C)C. The smallest absolute Gasteiger partial charge is 0.250 e. The summed E-state index contributed by atoms with van der Waals surface area (Å²) in [6, 6.07) is 0. The van der Waals surface area contributed by atoms with Gasteiger partial charge in [0.05, 0.1) is 5.76 Å². The lowest BCUT2D eigenvalue weighted by molar-refractivity contribution is 0.336. The fraction of sp³-hybridized carbons (Fsp3) is 0.600. The minimum Gasteiger partial charge on any atom is -0.544 e. The Morgan fingerprint density at radius 2 is 1.91 bits per heavy atom. The zero-order chi connectivity index (χ0) is 17.3. The van der Waals surface area contributed by atoms with Gasteiger partial charge in [0, 0.05) is 5.41 Å². The van der Waals surface area contributed by atoms with E-state index < -0.39 is 8.32 Å². The topological polar surface area (TPSA) is 9.23 Å². The first-order valence-corrected chi connectivity index (χ1v) is 11.1. The van der Waals surface area contributed by atoms with Gasteiger partial charge in [0.25, 0.3) is 0 Å². The van der Waals surface area contributed by atoms with Gasteiger partial charge in [-0.05, 0) is 49.4 Å². The summed E-state index contributed by atoms with van der Waals surface area (Å²) in [7, 11) is -1.87. The van der Waals surface area contributed by atoms with Crippen LogP contribution >= 0.6 is 0 Å². The van der Waals surface area contributed by atoms with Crippen molar-refractivity contribution in [3.05, 3.63) is 48.8 Å². The summed E-state index contributed by atoms with van der Waals surface area (Å²) >= 11 is 0. The molecule has 1 aliphatic rings. The maximum atomic E-state index is 6.47. The van der Waals surface area contributed by atoms with Crippen molar-refractivity contribution in [1.29, 1.82) is 0 Å². The van der Waals surface area contributed by atoms with E-state index in [1.54, 1.807) is 0 Å². The van der Waals surface area contributed by atoms with Gasteiger partial charge in [-0.2, -0.15) is 0 Å². The first kappa shape index (κ1) is 19.0. The van der Waals surface area contributed by atoms with E-state index in [0.717, 1.165) is 18.6 Å². The molecule has 0 saturated carbocycles. The van der Waals surface area contributed by atoms with E-state index in [1.807, 2.05) is 6.08 Å². The first-order valence-electron chi connectivity index (χ1n) is 8.23. The van der Waals surface area contributed by atoms with Gasteiger partial charge < -0.3 is 4.43 Å². The summed E-state index contributed by atoms with van der Waals surface area (Å²) in [5.41, 5.74) is 2.36. The molecule has 0 aromatic carbocycles. The molecule has 22 heavy (non-hydrogen) atoms. The second kappa shape index (κ2) is 6.23. The number of rotatable bonds is 5. The average molecular weight is 319 g/mol. The van der Waals surface area contributed by atoms with E-state index in [-0.39, 0.29) is 10.5 Å². The van der Waals surface area contributed by atoms with Crippen LogP contribution in [0.4, 0.5) is 0 Å². The molecule has 0 N–H and O–H groups in total. The minimum absolute atomic E-state index is 0.0502. The molecule has 0 radical (unpaired) electrons. The van der Waals surface area contributed by atoms with Crippen LogP contribution < -0.4 is 0 Å². The van der Waals surface area contributed by atoms with Crippen LogP contribution in [-0.2, 0) is 4.43 Å². The van der Waals surface area contributed by atoms with Crippen LogP contribution in [0.15, 0.2) is 48.8 Å². The number of hydrogen-bond donors (Lipinski definition) is 0. The van der Waals surface area contributed by atoms with Crippen LogP contribution in [0.2, 0.25) is 18.1 Å². The first-order chi connectivity index (χ1) is 9.84. The van der Waals surface area contributed by atoms with Gasteiger partial charge in [-0.15, -0.1) is 6.58 Å². The van der Waals surface area contributed by atoms with Crippen LogP contribution in [-0.4, -0.2) is 8.32 Å². The summed E-state index contributed by atoms with van der Waals surface area (Å²) < 4.78 is 6.47. The Balaban J connectivity index is 3.15. The quantitative estimate of drug-likeness (QED) is 0.314. The summed E-state index contributed by atoms with van der Waals surface area (Å²) in [5, 5.41) is 0.170. The van der Waals surface area contributed by atoms with Crippen molar-refractivity contribution >= 4 is 8.32 Å². The highest BCUT2D eigenvalue weighted by atomic mass is 28.4. The number of hydrogen-bond acceptors (Lipinski definition) is 1. The predicted octanol–water partition coefficient (Wildman–Crippen LogP) is 6.63. The zero-order valence-corrected chi connectivity index (χ0v) is 16.7. The Bertz CT molecular complexity index is 504. The predicted molar refractivity (Wildman–Crippen MR) is 101 cm³/mol. The molecule has 0 aliphatic heterocycles. The van der Waals surface area contributed by atoms with Gasteiger partial charge in [-0.3, -0.25) is 0 Å². The standard InChI is InChI=1S/C20H34OSi/c1-11-20(8)13-12-17(15(2)3)14-18(20)16(4)21-22(9,10)19(5,6)7/h11,14,17H,1-2,4,12-13H2,3,5-10H3/t17-,20-/m0/s1. The van der Waals surface area contributed by atoms with Crippen LogP contribution in [0.5, 0.6) is 0 Å². The molecule has 124 valence electrons. The third-order valence-electron chi connectivity index (χ3n) is 5.53. The van der Waals surface area contributed by atoms with Crippen molar-refractivity contribution in [2.45, 2.75) is 65.6 Å². The Morgan fingerprint density at radius 3 is 2.32 bits per heavy atom. The molecule has 2 atom stereocenters. The highest BCUT2D eigenvalue weighted by Crippen LogP contribution is 2.47. The molecule has 2 heteroatoms. The lowest BCUT2D eigenvalue weighted by atomic mass is 9.69. The fourth-order valence-corrected chi connectivity index (χ4v) is 3.63. The lowest BCUT2D eigenvalue weighted by Gasteiger charge is -2.42. The summed E-state index contributed by atoms with van der Waals surface area (Å²) in [4.78, 5) is 0. The molecular weight excluding hydrogens is 284 g/mol. The third kappa shape index (κ3) is 3.84. The molecule has 0 aromatic rings. The van der Waals surface area contributed by atoms with Gasteiger partial charge in [0.15, 0.2) is 0 Å². The fourth-order valence-electron chi connectivity index (χ4n) is 2.59. The van der Waals surface area contributed by atoms with E-state index in [0.29, 0.717) is 5.92 Å². The number of allylic oxidation sites excluding steroid dienone is 4. The molecule has 1 aliphatic carbocycles. The second-order valence-corrected chi connectivity index (χ2v) is 13.2. The van der Waals surface area contributed by atoms with Crippen LogP contribution in [0, 0.1) is 11.3 Å². The summed E-state index contributed by atoms with van der Waals surface area (Å²) in [5.74, 6) is 1.25. The monoisotopic (exact) mass is 318 g/mol. The van der Waals surface area contributed by atoms with E-state index in [4.69, 9.17) is 4.43 Å². The Morgan fingerprint density at radius 1 is 1.36 bits per heavy atom. The highest BCUT2D eigenvalue weighted by Gasteiger charge is 2.41. The molecule has 0 saturated heterocycles. The molecular formula is C20H34OSi. The van der Waals surface area contributed by atoms with Crippen molar-refractivity contribution < 1.29 is 4.43 Å². The van der Waals surface area contributed by atoms with Gasteiger partial charge in [0.2, 0.25) is 8.32 Å². The molecule has 1 nitrogen and oxygen atoms in total. The van der Waals surface area contributed by atoms with Crippen LogP contribution in [0.3, 0.4) is 0 Å². The highest BCUT2D eigenvalue weighted by molar-refractivity contribution is 6.74.